The van der Waals surface area contributed by atoms with Gasteiger partial charge in [-0.25, -0.2) is 0 Å². The van der Waals surface area contributed by atoms with E-state index in [4.69, 9.17) is 15.2 Å². The molecular weight excluding hydrogens is 244 g/mol. The molecule has 1 fully saturated rings. The Kier molecular flexibility index (Phi) is 7.34. The van der Waals surface area contributed by atoms with Crippen LogP contribution in [0, 0.1) is 0 Å². The highest BCUT2D eigenvalue weighted by Crippen LogP contribution is 2.30. The maximum atomic E-state index is 11.7. The Morgan fingerprint density at radius 1 is 1.37 bits per heavy atom. The fraction of sp³-hybridized carbons (Fsp3) is 0.929. The number of hydrogen-bond donors (Lipinski definition) is 2. The summed E-state index contributed by atoms with van der Waals surface area (Å²) >= 11 is 0. The van der Waals surface area contributed by atoms with Crippen LogP contribution in [0.15, 0.2) is 0 Å². The number of hydrogen-bond acceptors (Lipinski definition) is 4. The highest BCUT2D eigenvalue weighted by Gasteiger charge is 2.40. The van der Waals surface area contributed by atoms with Crippen LogP contribution < -0.4 is 11.1 Å². The first-order valence-corrected chi connectivity index (χ1v) is 7.39. The Morgan fingerprint density at radius 3 is 2.79 bits per heavy atom. The highest BCUT2D eigenvalue weighted by molar-refractivity contribution is 5.84. The van der Waals surface area contributed by atoms with Gasteiger partial charge in [-0.2, -0.15) is 0 Å². The van der Waals surface area contributed by atoms with Crippen LogP contribution in [-0.2, 0) is 14.3 Å². The van der Waals surface area contributed by atoms with Gasteiger partial charge < -0.3 is 20.5 Å². The summed E-state index contributed by atoms with van der Waals surface area (Å²) in [5.74, 6) is -0.259. The van der Waals surface area contributed by atoms with E-state index in [9.17, 15) is 4.79 Å². The average Bonchev–Trinajstić information content (AvgIpc) is 2.39. The van der Waals surface area contributed by atoms with Crippen LogP contribution in [0.4, 0.5) is 0 Å². The summed E-state index contributed by atoms with van der Waals surface area (Å²) in [4.78, 5) is 11.7. The lowest BCUT2D eigenvalue weighted by atomic mass is 9.79. The van der Waals surface area contributed by atoms with Crippen molar-refractivity contribution in [2.75, 3.05) is 26.4 Å². The van der Waals surface area contributed by atoms with E-state index < -0.39 is 5.54 Å². The van der Waals surface area contributed by atoms with Crippen molar-refractivity contribution in [1.29, 1.82) is 0 Å². The lowest BCUT2D eigenvalue weighted by Gasteiger charge is -2.39. The number of nitrogens with one attached hydrogen (secondary N) is 1. The Balaban J connectivity index is 2.37. The summed E-state index contributed by atoms with van der Waals surface area (Å²) in [5, 5.41) is 3.25. The molecule has 2 unspecified atom stereocenters. The van der Waals surface area contributed by atoms with E-state index in [0.717, 1.165) is 38.8 Å². The average molecular weight is 272 g/mol. The molecule has 5 nitrogen and oxygen atoms in total. The largest absolute Gasteiger partial charge is 0.379 e. The molecule has 0 heterocycles. The molecule has 0 bridgehead atoms. The highest BCUT2D eigenvalue weighted by atomic mass is 16.5. The molecule has 0 saturated heterocycles. The van der Waals surface area contributed by atoms with Gasteiger partial charge in [-0.15, -0.1) is 0 Å². The minimum Gasteiger partial charge on any atom is -0.379 e. The molecule has 1 rings (SSSR count). The molecule has 0 spiro atoms. The normalized spacial score (nSPS) is 27.4. The number of rotatable bonds is 9. The van der Waals surface area contributed by atoms with E-state index in [0.29, 0.717) is 19.6 Å². The number of ether oxygens (including phenoxy) is 2. The van der Waals surface area contributed by atoms with E-state index >= 15 is 0 Å². The Bertz CT molecular complexity index is 269. The second kappa shape index (κ2) is 8.51. The smallest absolute Gasteiger partial charge is 0.237 e. The van der Waals surface area contributed by atoms with Gasteiger partial charge in [0.25, 0.3) is 0 Å². The zero-order valence-electron chi connectivity index (χ0n) is 12.2. The zero-order valence-corrected chi connectivity index (χ0v) is 12.2. The molecule has 0 aromatic carbocycles. The van der Waals surface area contributed by atoms with Crippen molar-refractivity contribution in [3.8, 4) is 0 Å². The van der Waals surface area contributed by atoms with Crippen LogP contribution in [0.2, 0.25) is 0 Å². The summed E-state index contributed by atoms with van der Waals surface area (Å²) in [6.45, 7) is 6.81. The summed E-state index contributed by atoms with van der Waals surface area (Å²) < 4.78 is 11.2. The molecule has 3 N–H and O–H groups in total. The number of likely N-dealkylation sites (N-methyl/N-ethyl adjacent to an activating group) is 1. The molecule has 0 radical (unpaired) electrons. The van der Waals surface area contributed by atoms with Gasteiger partial charge in [0, 0.05) is 13.0 Å². The first-order chi connectivity index (χ1) is 9.14. The number of amides is 1. The molecular formula is C14H28N2O3. The van der Waals surface area contributed by atoms with Crippen molar-refractivity contribution in [2.24, 2.45) is 5.73 Å². The molecule has 2 atom stereocenters. The van der Waals surface area contributed by atoms with Crippen LogP contribution in [0.5, 0.6) is 0 Å². The molecule has 1 amide bonds. The minimum atomic E-state index is -0.581. The Hall–Kier alpha value is -0.650. The SMILES string of the molecule is CCCOCCOC1CCCC(NCC)(C(N)=O)C1. The molecule has 0 aromatic heterocycles. The first kappa shape index (κ1) is 16.4. The third kappa shape index (κ3) is 5.09. The minimum absolute atomic E-state index is 0.102. The van der Waals surface area contributed by atoms with Crippen molar-refractivity contribution < 1.29 is 14.3 Å². The third-order valence-corrected chi connectivity index (χ3v) is 3.62. The van der Waals surface area contributed by atoms with Gasteiger partial charge in [-0.3, -0.25) is 4.79 Å². The summed E-state index contributed by atoms with van der Waals surface area (Å²) in [6, 6.07) is 0. The summed E-state index contributed by atoms with van der Waals surface area (Å²) in [6.07, 6.45) is 4.57. The molecule has 0 aromatic rings. The van der Waals surface area contributed by atoms with Gasteiger partial charge in [0.05, 0.1) is 19.3 Å². The van der Waals surface area contributed by atoms with Crippen molar-refractivity contribution in [3.05, 3.63) is 0 Å². The van der Waals surface area contributed by atoms with E-state index in [1.54, 1.807) is 0 Å². The van der Waals surface area contributed by atoms with Gasteiger partial charge in [-0.05, 0) is 32.2 Å². The molecule has 5 heteroatoms. The van der Waals surface area contributed by atoms with E-state index in [1.165, 1.54) is 0 Å². The van der Waals surface area contributed by atoms with Crippen LogP contribution in [0.3, 0.4) is 0 Å². The number of carbonyl (C=O) groups excluding carboxylic acids is 1. The van der Waals surface area contributed by atoms with Gasteiger partial charge >= 0.3 is 0 Å². The van der Waals surface area contributed by atoms with Gasteiger partial charge in [0.1, 0.15) is 5.54 Å². The number of carbonyl (C=O) groups is 1. The Labute approximate surface area is 116 Å². The summed E-state index contributed by atoms with van der Waals surface area (Å²) in [7, 11) is 0. The monoisotopic (exact) mass is 272 g/mol. The van der Waals surface area contributed by atoms with Gasteiger partial charge in [-0.1, -0.05) is 13.8 Å². The van der Waals surface area contributed by atoms with Crippen molar-refractivity contribution in [3.63, 3.8) is 0 Å². The van der Waals surface area contributed by atoms with Gasteiger partial charge in [0.15, 0.2) is 0 Å². The molecule has 19 heavy (non-hydrogen) atoms. The fourth-order valence-corrected chi connectivity index (χ4v) is 2.70. The van der Waals surface area contributed by atoms with E-state index in [-0.39, 0.29) is 12.0 Å². The van der Waals surface area contributed by atoms with Crippen molar-refractivity contribution >= 4 is 5.91 Å². The van der Waals surface area contributed by atoms with Gasteiger partial charge in [0.2, 0.25) is 5.91 Å². The molecule has 0 aliphatic heterocycles. The number of primary amides is 1. The summed E-state index contributed by atoms with van der Waals surface area (Å²) in [5.41, 5.74) is 4.98. The standard InChI is InChI=1S/C14H28N2O3/c1-3-8-18-9-10-19-12-6-5-7-14(11-12,13(15)17)16-4-2/h12,16H,3-11H2,1-2H3,(H2,15,17). The molecule has 1 aliphatic rings. The van der Waals surface area contributed by atoms with Crippen molar-refractivity contribution in [2.45, 2.75) is 57.6 Å². The van der Waals surface area contributed by atoms with Crippen LogP contribution >= 0.6 is 0 Å². The fourth-order valence-electron chi connectivity index (χ4n) is 2.70. The van der Waals surface area contributed by atoms with Crippen LogP contribution in [0.25, 0.3) is 0 Å². The lowest BCUT2D eigenvalue weighted by Crippen LogP contribution is -2.58. The van der Waals surface area contributed by atoms with Crippen molar-refractivity contribution in [1.82, 2.24) is 5.32 Å². The quantitative estimate of drug-likeness (QED) is 0.619. The van der Waals surface area contributed by atoms with E-state index in [1.807, 2.05) is 6.92 Å². The maximum Gasteiger partial charge on any atom is 0.237 e. The third-order valence-electron chi connectivity index (χ3n) is 3.62. The number of nitrogens with two attached hydrogens (primary N) is 1. The predicted octanol–water partition coefficient (Wildman–Crippen LogP) is 1.21. The second-order valence-corrected chi connectivity index (χ2v) is 5.18. The molecule has 1 aliphatic carbocycles. The first-order valence-electron chi connectivity index (χ1n) is 7.39. The Morgan fingerprint density at radius 2 is 2.16 bits per heavy atom. The van der Waals surface area contributed by atoms with E-state index in [2.05, 4.69) is 12.2 Å². The van der Waals surface area contributed by atoms with Crippen LogP contribution in [-0.4, -0.2) is 43.9 Å². The lowest BCUT2D eigenvalue weighted by molar-refractivity contribution is -0.128. The van der Waals surface area contributed by atoms with Crippen LogP contribution in [0.1, 0.15) is 46.0 Å². The topological polar surface area (TPSA) is 73.6 Å². The molecule has 1 saturated carbocycles. The zero-order chi connectivity index (χ0) is 14.1. The maximum absolute atomic E-state index is 11.7. The predicted molar refractivity (Wildman–Crippen MR) is 74.9 cm³/mol. The second-order valence-electron chi connectivity index (χ2n) is 5.18. The molecule has 112 valence electrons.